The number of ether oxygens (including phenoxy) is 1. The topological polar surface area (TPSA) is 95.3 Å². The van der Waals surface area contributed by atoms with E-state index >= 15 is 0 Å². The van der Waals surface area contributed by atoms with Crippen LogP contribution in [0.2, 0.25) is 0 Å². The van der Waals surface area contributed by atoms with Crippen LogP contribution in [0.25, 0.3) is 0 Å². The Bertz CT molecular complexity index is 1130. The molecule has 0 atom stereocenters. The number of aromatic nitrogens is 1. The maximum atomic E-state index is 12.7. The van der Waals surface area contributed by atoms with Crippen LogP contribution in [0.15, 0.2) is 60.8 Å². The van der Waals surface area contributed by atoms with Crippen LogP contribution in [-0.4, -0.2) is 35.0 Å². The van der Waals surface area contributed by atoms with E-state index in [1.54, 1.807) is 23.2 Å². The zero-order valence-corrected chi connectivity index (χ0v) is 18.9. The molecule has 33 heavy (non-hydrogen) atoms. The van der Waals surface area contributed by atoms with Crippen LogP contribution in [0.4, 0.5) is 9.93 Å². The highest BCUT2D eigenvalue weighted by Crippen LogP contribution is 2.24. The summed E-state index contributed by atoms with van der Waals surface area (Å²) in [5.74, 6) is -0.222. The number of nitrogens with zero attached hydrogens (tertiary/aromatic N) is 3. The van der Waals surface area contributed by atoms with E-state index < -0.39 is 0 Å². The Morgan fingerprint density at radius 3 is 2.52 bits per heavy atom. The molecule has 1 aliphatic rings. The van der Waals surface area contributed by atoms with Crippen molar-refractivity contribution in [2.75, 3.05) is 18.4 Å². The lowest BCUT2D eigenvalue weighted by molar-refractivity contribution is -0.121. The lowest BCUT2D eigenvalue weighted by Crippen LogP contribution is -2.41. The van der Waals surface area contributed by atoms with Crippen molar-refractivity contribution in [3.63, 3.8) is 0 Å². The summed E-state index contributed by atoms with van der Waals surface area (Å²) in [7, 11) is 0. The maximum Gasteiger partial charge on any atom is 0.410 e. The minimum absolute atomic E-state index is 0.0634. The molecule has 2 heterocycles. The molecule has 4 rings (SSSR count). The number of amides is 2. The lowest BCUT2D eigenvalue weighted by Gasteiger charge is -2.30. The van der Waals surface area contributed by atoms with Crippen molar-refractivity contribution >= 4 is 28.5 Å². The van der Waals surface area contributed by atoms with Crippen LogP contribution in [0.5, 0.6) is 0 Å². The highest BCUT2D eigenvalue weighted by molar-refractivity contribution is 7.15. The Morgan fingerprint density at radius 2 is 1.82 bits per heavy atom. The molecule has 0 radical (unpaired) electrons. The third-order valence-corrected chi connectivity index (χ3v) is 6.49. The van der Waals surface area contributed by atoms with E-state index in [0.717, 1.165) is 16.0 Å². The second kappa shape index (κ2) is 10.7. The van der Waals surface area contributed by atoms with Crippen LogP contribution in [0.3, 0.4) is 0 Å². The first-order valence-corrected chi connectivity index (χ1v) is 11.6. The Morgan fingerprint density at radius 1 is 1.09 bits per heavy atom. The highest BCUT2D eigenvalue weighted by Gasteiger charge is 2.28. The number of anilines is 1. The van der Waals surface area contributed by atoms with E-state index in [1.165, 1.54) is 11.3 Å². The molecule has 1 N–H and O–H groups in total. The van der Waals surface area contributed by atoms with E-state index in [0.29, 0.717) is 43.0 Å². The first-order chi connectivity index (χ1) is 16.1. The van der Waals surface area contributed by atoms with Gasteiger partial charge in [-0.25, -0.2) is 9.78 Å². The second-order valence-corrected chi connectivity index (χ2v) is 9.02. The summed E-state index contributed by atoms with van der Waals surface area (Å²) in [4.78, 5) is 32.0. The molecular weight excluding hydrogens is 436 g/mol. The summed E-state index contributed by atoms with van der Waals surface area (Å²) in [5.41, 5.74) is 2.66. The molecule has 8 heteroatoms. The number of hydrogen-bond donors (Lipinski definition) is 1. The van der Waals surface area contributed by atoms with Crippen molar-refractivity contribution in [2.24, 2.45) is 5.92 Å². The van der Waals surface area contributed by atoms with Crippen molar-refractivity contribution in [2.45, 2.75) is 25.9 Å². The fourth-order valence-electron chi connectivity index (χ4n) is 3.69. The minimum Gasteiger partial charge on any atom is -0.445 e. The summed E-state index contributed by atoms with van der Waals surface area (Å²) >= 11 is 1.45. The van der Waals surface area contributed by atoms with Gasteiger partial charge in [0.1, 0.15) is 6.61 Å². The number of carbonyl (C=O) groups is 2. The first-order valence-electron chi connectivity index (χ1n) is 10.8. The molecule has 2 amide bonds. The van der Waals surface area contributed by atoms with Gasteiger partial charge in [0.25, 0.3) is 0 Å². The van der Waals surface area contributed by atoms with Gasteiger partial charge in [-0.15, -0.1) is 11.3 Å². The molecule has 168 valence electrons. The molecule has 0 spiro atoms. The van der Waals surface area contributed by atoms with Gasteiger partial charge in [-0.3, -0.25) is 4.79 Å². The van der Waals surface area contributed by atoms with E-state index in [9.17, 15) is 9.59 Å². The van der Waals surface area contributed by atoms with Crippen molar-refractivity contribution in [3.8, 4) is 6.07 Å². The zero-order valence-electron chi connectivity index (χ0n) is 18.1. The number of piperidine rings is 1. The molecule has 0 saturated carbocycles. The van der Waals surface area contributed by atoms with Gasteiger partial charge < -0.3 is 15.0 Å². The van der Waals surface area contributed by atoms with E-state index in [1.807, 2.05) is 42.5 Å². The second-order valence-electron chi connectivity index (χ2n) is 7.91. The van der Waals surface area contributed by atoms with Crippen LogP contribution >= 0.6 is 11.3 Å². The van der Waals surface area contributed by atoms with Crippen molar-refractivity contribution in [3.05, 3.63) is 82.4 Å². The first kappa shape index (κ1) is 22.5. The van der Waals surface area contributed by atoms with Crippen molar-refractivity contribution in [1.82, 2.24) is 9.88 Å². The van der Waals surface area contributed by atoms with E-state index in [4.69, 9.17) is 10.00 Å². The Balaban J connectivity index is 1.22. The normalized spacial score (nSPS) is 13.8. The molecule has 0 aliphatic carbocycles. The van der Waals surface area contributed by atoms with Crippen LogP contribution < -0.4 is 5.32 Å². The molecule has 1 aromatic heterocycles. The molecular formula is C25H24N4O3S. The smallest absolute Gasteiger partial charge is 0.410 e. The van der Waals surface area contributed by atoms with Gasteiger partial charge in [-0.05, 0) is 36.1 Å². The number of thiazole rings is 1. The summed E-state index contributed by atoms with van der Waals surface area (Å²) in [6.07, 6.45) is 3.31. The molecule has 0 bridgehead atoms. The highest BCUT2D eigenvalue weighted by atomic mass is 32.1. The quantitative estimate of drug-likeness (QED) is 0.580. The van der Waals surface area contributed by atoms with Crippen LogP contribution in [0, 0.1) is 17.2 Å². The van der Waals surface area contributed by atoms with E-state index in [-0.39, 0.29) is 24.5 Å². The fourth-order valence-corrected chi connectivity index (χ4v) is 4.54. The van der Waals surface area contributed by atoms with Gasteiger partial charge in [0, 0.05) is 36.5 Å². The number of carbonyl (C=O) groups excluding carboxylic acids is 2. The Labute approximate surface area is 196 Å². The molecule has 3 aromatic rings. The zero-order chi connectivity index (χ0) is 23.0. The number of rotatable bonds is 6. The monoisotopic (exact) mass is 460 g/mol. The number of hydrogen-bond acceptors (Lipinski definition) is 6. The predicted molar refractivity (Wildman–Crippen MR) is 126 cm³/mol. The third-order valence-electron chi connectivity index (χ3n) is 5.57. The number of nitrogens with one attached hydrogen (secondary N) is 1. The molecule has 0 unspecified atom stereocenters. The van der Waals surface area contributed by atoms with Crippen molar-refractivity contribution in [1.29, 1.82) is 5.26 Å². The van der Waals surface area contributed by atoms with Gasteiger partial charge in [-0.2, -0.15) is 5.26 Å². The van der Waals surface area contributed by atoms with Gasteiger partial charge >= 0.3 is 6.09 Å². The van der Waals surface area contributed by atoms with Gasteiger partial charge in [0.05, 0.1) is 11.6 Å². The third kappa shape index (κ3) is 6.18. The van der Waals surface area contributed by atoms with Crippen LogP contribution in [-0.2, 0) is 22.6 Å². The lowest BCUT2D eigenvalue weighted by atomic mass is 9.96. The summed E-state index contributed by atoms with van der Waals surface area (Å²) in [5, 5.41) is 12.4. The summed E-state index contributed by atoms with van der Waals surface area (Å²) in [6.45, 7) is 1.23. The minimum atomic E-state index is -0.343. The summed E-state index contributed by atoms with van der Waals surface area (Å²) in [6, 6.07) is 19.1. The molecule has 7 nitrogen and oxygen atoms in total. The predicted octanol–water partition coefficient (Wildman–Crippen LogP) is 4.59. The molecule has 1 fully saturated rings. The largest absolute Gasteiger partial charge is 0.445 e. The standard InChI is InChI=1S/C25H24N4O3S/c26-15-19-8-6-18(7-9-19)14-22-16-27-24(33-22)28-23(30)21-10-12-29(13-11-21)25(31)32-17-20-4-2-1-3-5-20/h1-9,16,21H,10-14,17H2,(H,27,28,30). The van der Waals surface area contributed by atoms with E-state index in [2.05, 4.69) is 16.4 Å². The molecule has 2 aromatic carbocycles. The van der Waals surface area contributed by atoms with Crippen LogP contribution in [0.1, 0.15) is 34.4 Å². The fraction of sp³-hybridized carbons (Fsp3) is 0.280. The Hall–Kier alpha value is -3.70. The molecule has 1 aliphatic heterocycles. The summed E-state index contributed by atoms with van der Waals surface area (Å²) < 4.78 is 5.39. The number of nitriles is 1. The number of likely N-dealkylation sites (tertiary alicyclic amines) is 1. The Kier molecular flexibility index (Phi) is 7.33. The average Bonchev–Trinajstić information content (AvgIpc) is 3.30. The van der Waals surface area contributed by atoms with Gasteiger partial charge in [-0.1, -0.05) is 42.5 Å². The average molecular weight is 461 g/mol. The number of benzene rings is 2. The maximum absolute atomic E-state index is 12.7. The van der Waals surface area contributed by atoms with Gasteiger partial charge in [0.2, 0.25) is 5.91 Å². The molecule has 1 saturated heterocycles. The van der Waals surface area contributed by atoms with Gasteiger partial charge in [0.15, 0.2) is 5.13 Å². The van der Waals surface area contributed by atoms with Crippen molar-refractivity contribution < 1.29 is 14.3 Å². The SMILES string of the molecule is N#Cc1ccc(Cc2cnc(NC(=O)C3CCN(C(=O)OCc4ccccc4)CC3)s2)cc1.